The summed E-state index contributed by atoms with van der Waals surface area (Å²) in [6.07, 6.45) is 3.65. The summed E-state index contributed by atoms with van der Waals surface area (Å²) in [5.74, 6) is 1.50. The van der Waals surface area contributed by atoms with E-state index in [9.17, 15) is 5.26 Å². The van der Waals surface area contributed by atoms with Gasteiger partial charge in [-0.25, -0.2) is 0 Å². The molecule has 2 aromatic carbocycles. The molecule has 4 nitrogen and oxygen atoms in total. The zero-order valence-electron chi connectivity index (χ0n) is 18.8. The van der Waals surface area contributed by atoms with E-state index in [0.29, 0.717) is 21.5 Å². The quantitative estimate of drug-likeness (QED) is 0.369. The summed E-state index contributed by atoms with van der Waals surface area (Å²) < 4.78 is 10.8. The van der Waals surface area contributed by atoms with Crippen molar-refractivity contribution in [3.63, 3.8) is 0 Å². The van der Waals surface area contributed by atoms with Crippen LogP contribution in [-0.4, -0.2) is 27.3 Å². The number of ether oxygens (including phenoxy) is 2. The van der Waals surface area contributed by atoms with Crippen LogP contribution in [0.2, 0.25) is 10.0 Å². The Morgan fingerprint density at radius 1 is 0.968 bits per heavy atom. The van der Waals surface area contributed by atoms with E-state index in [0.717, 1.165) is 44.3 Å². The van der Waals surface area contributed by atoms with Gasteiger partial charge in [0.1, 0.15) is 0 Å². The molecule has 0 radical (unpaired) electrons. The van der Waals surface area contributed by atoms with Crippen LogP contribution in [0.3, 0.4) is 0 Å². The first-order valence-corrected chi connectivity index (χ1v) is 11.4. The second-order valence-corrected chi connectivity index (χ2v) is 8.83. The predicted octanol–water partition coefficient (Wildman–Crippen LogP) is 6.43. The molecule has 1 N–H and O–H groups in total. The Balaban J connectivity index is 1.89. The molecule has 0 aliphatic rings. The molecular formula is C25H32Cl2N2O2. The number of nitriles is 1. The third-order valence-corrected chi connectivity index (χ3v) is 6.55. The first-order valence-electron chi connectivity index (χ1n) is 10.7. The minimum atomic E-state index is -0.568. The van der Waals surface area contributed by atoms with E-state index in [4.69, 9.17) is 32.7 Å². The molecule has 6 heteroatoms. The van der Waals surface area contributed by atoms with E-state index in [1.807, 2.05) is 36.4 Å². The maximum absolute atomic E-state index is 10.1. The van der Waals surface area contributed by atoms with Crippen LogP contribution < -0.4 is 14.8 Å². The topological polar surface area (TPSA) is 54.3 Å². The molecule has 2 aromatic rings. The summed E-state index contributed by atoms with van der Waals surface area (Å²) in [6, 6.07) is 14.2. The van der Waals surface area contributed by atoms with E-state index in [2.05, 4.69) is 25.2 Å². The van der Waals surface area contributed by atoms with Crippen molar-refractivity contribution in [2.75, 3.05) is 27.3 Å². The molecule has 168 valence electrons. The number of benzene rings is 2. The van der Waals surface area contributed by atoms with Gasteiger partial charge in [0.2, 0.25) is 0 Å². The lowest BCUT2D eigenvalue weighted by Gasteiger charge is -2.32. The highest BCUT2D eigenvalue weighted by molar-refractivity contribution is 6.42. The molecule has 0 aromatic heterocycles. The molecule has 0 bridgehead atoms. The number of methoxy groups -OCH3 is 2. The number of nitrogens with one attached hydrogen (secondary N) is 1. The van der Waals surface area contributed by atoms with Crippen LogP contribution in [0.5, 0.6) is 11.5 Å². The van der Waals surface area contributed by atoms with Gasteiger partial charge >= 0.3 is 0 Å². The van der Waals surface area contributed by atoms with Gasteiger partial charge < -0.3 is 14.8 Å². The molecule has 0 aliphatic heterocycles. The molecule has 0 heterocycles. The zero-order chi connectivity index (χ0) is 22.9. The summed E-state index contributed by atoms with van der Waals surface area (Å²) in [5.41, 5.74) is 1.59. The van der Waals surface area contributed by atoms with Crippen molar-refractivity contribution in [2.24, 2.45) is 5.92 Å². The number of hydrogen-bond donors (Lipinski definition) is 1. The van der Waals surface area contributed by atoms with Gasteiger partial charge in [-0.1, -0.05) is 49.2 Å². The average Bonchev–Trinajstić information content (AvgIpc) is 2.77. The molecule has 0 aliphatic carbocycles. The minimum absolute atomic E-state index is 0.172. The first kappa shape index (κ1) is 25.3. The number of aryl methyl sites for hydroxylation is 1. The van der Waals surface area contributed by atoms with Crippen molar-refractivity contribution in [1.82, 2.24) is 5.32 Å². The number of rotatable bonds is 12. The molecular weight excluding hydrogens is 431 g/mol. The van der Waals surface area contributed by atoms with E-state index in [-0.39, 0.29) is 5.92 Å². The lowest BCUT2D eigenvalue weighted by Crippen LogP contribution is -2.32. The van der Waals surface area contributed by atoms with Crippen LogP contribution in [0.25, 0.3) is 0 Å². The highest BCUT2D eigenvalue weighted by Crippen LogP contribution is 2.40. The van der Waals surface area contributed by atoms with Crippen molar-refractivity contribution in [1.29, 1.82) is 5.26 Å². The number of halogens is 2. The Labute approximate surface area is 196 Å². The Morgan fingerprint density at radius 2 is 1.68 bits per heavy atom. The fourth-order valence-corrected chi connectivity index (χ4v) is 4.18. The van der Waals surface area contributed by atoms with Gasteiger partial charge in [-0.2, -0.15) is 5.26 Å². The third-order valence-electron chi connectivity index (χ3n) is 5.81. The fraction of sp³-hybridized carbons (Fsp3) is 0.480. The van der Waals surface area contributed by atoms with E-state index < -0.39 is 5.41 Å². The standard InChI is InChI=1S/C25H32Cl2N2O2/c1-18(2)25(17-28,20-9-11-23(30-3)24(16-20)31-4)12-6-14-29-13-5-7-19-8-10-21(26)22(27)15-19/h8-11,15-16,18,29H,5-7,12-14H2,1-4H3/t25-/m0/s1. The highest BCUT2D eigenvalue weighted by Gasteiger charge is 2.36. The molecule has 0 amide bonds. The van der Waals surface area contributed by atoms with Crippen LogP contribution in [0.1, 0.15) is 44.2 Å². The molecule has 0 unspecified atom stereocenters. The van der Waals surface area contributed by atoms with Crippen LogP contribution in [0, 0.1) is 17.2 Å². The fourth-order valence-electron chi connectivity index (χ4n) is 3.86. The lowest BCUT2D eigenvalue weighted by atomic mass is 9.70. The maximum atomic E-state index is 10.1. The largest absolute Gasteiger partial charge is 0.493 e. The summed E-state index contributed by atoms with van der Waals surface area (Å²) in [7, 11) is 3.23. The summed E-state index contributed by atoms with van der Waals surface area (Å²) in [4.78, 5) is 0. The molecule has 31 heavy (non-hydrogen) atoms. The first-order chi connectivity index (χ1) is 14.9. The SMILES string of the molecule is COc1ccc([C@](C#N)(CCCNCCCc2ccc(Cl)c(Cl)c2)C(C)C)cc1OC. The Bertz CT molecular complexity index is 896. The van der Waals surface area contributed by atoms with Crippen LogP contribution >= 0.6 is 23.2 Å². The Kier molecular flexibility index (Phi) is 9.96. The van der Waals surface area contributed by atoms with Crippen LogP contribution in [-0.2, 0) is 11.8 Å². The predicted molar refractivity (Wildman–Crippen MR) is 129 cm³/mol. The highest BCUT2D eigenvalue weighted by atomic mass is 35.5. The molecule has 2 rings (SSSR count). The summed E-state index contributed by atoms with van der Waals surface area (Å²) >= 11 is 12.0. The smallest absolute Gasteiger partial charge is 0.161 e. The molecule has 0 saturated heterocycles. The van der Waals surface area contributed by atoms with Crippen molar-refractivity contribution in [3.05, 3.63) is 57.6 Å². The molecule has 0 fully saturated rings. The van der Waals surface area contributed by atoms with Crippen molar-refractivity contribution in [2.45, 2.75) is 44.9 Å². The van der Waals surface area contributed by atoms with Gasteiger partial charge in [-0.05, 0) is 80.1 Å². The van der Waals surface area contributed by atoms with Gasteiger partial charge in [0.25, 0.3) is 0 Å². The van der Waals surface area contributed by atoms with Gasteiger partial charge in [-0.15, -0.1) is 0 Å². The number of hydrogen-bond acceptors (Lipinski definition) is 4. The minimum Gasteiger partial charge on any atom is -0.493 e. The molecule has 0 spiro atoms. The Hall–Kier alpha value is -1.93. The maximum Gasteiger partial charge on any atom is 0.161 e. The Morgan fingerprint density at radius 3 is 2.29 bits per heavy atom. The third kappa shape index (κ3) is 6.53. The summed E-state index contributed by atoms with van der Waals surface area (Å²) in [5, 5.41) is 14.8. The van der Waals surface area contributed by atoms with E-state index in [1.54, 1.807) is 14.2 Å². The van der Waals surface area contributed by atoms with Crippen LogP contribution in [0.15, 0.2) is 36.4 Å². The van der Waals surface area contributed by atoms with Gasteiger partial charge in [0, 0.05) is 0 Å². The average molecular weight is 463 g/mol. The second kappa shape index (κ2) is 12.2. The monoisotopic (exact) mass is 462 g/mol. The van der Waals surface area contributed by atoms with Gasteiger partial charge in [0.15, 0.2) is 11.5 Å². The second-order valence-electron chi connectivity index (χ2n) is 8.01. The van der Waals surface area contributed by atoms with Crippen LogP contribution in [0.4, 0.5) is 0 Å². The van der Waals surface area contributed by atoms with E-state index >= 15 is 0 Å². The van der Waals surface area contributed by atoms with Crippen molar-refractivity contribution < 1.29 is 9.47 Å². The van der Waals surface area contributed by atoms with Crippen molar-refractivity contribution in [3.8, 4) is 17.6 Å². The lowest BCUT2D eigenvalue weighted by molar-refractivity contribution is 0.341. The zero-order valence-corrected chi connectivity index (χ0v) is 20.3. The normalized spacial score (nSPS) is 13.0. The summed E-state index contributed by atoms with van der Waals surface area (Å²) in [6.45, 7) is 5.98. The molecule has 1 atom stereocenters. The van der Waals surface area contributed by atoms with Crippen molar-refractivity contribution >= 4 is 23.2 Å². The number of nitrogens with zero attached hydrogens (tertiary/aromatic N) is 1. The van der Waals surface area contributed by atoms with Gasteiger partial charge in [-0.3, -0.25) is 0 Å². The molecule has 0 saturated carbocycles. The van der Waals surface area contributed by atoms with E-state index in [1.165, 1.54) is 5.56 Å². The van der Waals surface area contributed by atoms with Gasteiger partial charge in [0.05, 0.1) is 35.7 Å².